The first-order chi connectivity index (χ1) is 10.3. The molecule has 0 aromatic rings. The maximum atomic E-state index is 11.2. The number of carbonyl (C=O) groups is 3. The van der Waals surface area contributed by atoms with Gasteiger partial charge >= 0.3 is 25.0 Å². The van der Waals surface area contributed by atoms with Crippen LogP contribution in [0.3, 0.4) is 0 Å². The van der Waals surface area contributed by atoms with Gasteiger partial charge in [0.05, 0.1) is 0 Å². The summed E-state index contributed by atoms with van der Waals surface area (Å²) in [6.45, 7) is 5.45. The molecule has 1 saturated heterocycles. The van der Waals surface area contributed by atoms with Crippen molar-refractivity contribution in [2.75, 3.05) is 13.2 Å². The third-order valence-corrected chi connectivity index (χ3v) is 2.92. The molecule has 0 bridgehead atoms. The number of rotatable bonds is 7. The number of hydrogen-bond donors (Lipinski definition) is 0. The Balaban J connectivity index is 2.78. The highest BCUT2D eigenvalue weighted by Gasteiger charge is 2.45. The fraction of sp³-hybridized carbons (Fsp3) is 0.769. The molecule has 0 N–H and O–H groups in total. The van der Waals surface area contributed by atoms with Crippen LogP contribution in [0.2, 0.25) is 6.32 Å². The molecule has 0 aromatic heterocycles. The van der Waals surface area contributed by atoms with Crippen LogP contribution in [-0.2, 0) is 37.9 Å². The number of carbonyl (C=O) groups excluding carboxylic acids is 3. The van der Waals surface area contributed by atoms with E-state index in [1.54, 1.807) is 0 Å². The molecule has 1 rings (SSSR count). The topological polar surface area (TPSA) is 97.4 Å². The van der Waals surface area contributed by atoms with Gasteiger partial charge in [-0.15, -0.1) is 0 Å². The van der Waals surface area contributed by atoms with Crippen LogP contribution in [0, 0.1) is 0 Å². The van der Waals surface area contributed by atoms with Crippen molar-refractivity contribution in [1.82, 2.24) is 0 Å². The Kier molecular flexibility index (Phi) is 7.33. The molecule has 1 fully saturated rings. The summed E-state index contributed by atoms with van der Waals surface area (Å²) in [5.74, 6) is -1.49. The Morgan fingerprint density at radius 3 is 2.18 bits per heavy atom. The van der Waals surface area contributed by atoms with Crippen LogP contribution in [0.25, 0.3) is 0 Å². The first-order valence-electron chi connectivity index (χ1n) is 7.08. The van der Waals surface area contributed by atoms with Crippen LogP contribution < -0.4 is 0 Å². The standard InChI is InChI=1S/C13H21BO8/c1-5-14-21-12(7-19-9(3)16)13(22-14)11(20-10(4)17)6-18-8(2)15/h11-13H,5-7H2,1-4H3/t11-,12-,13-/m1/s1. The Bertz CT molecular complexity index is 413. The van der Waals surface area contributed by atoms with E-state index in [0.29, 0.717) is 6.32 Å². The molecular weight excluding hydrogens is 295 g/mol. The number of esters is 3. The maximum Gasteiger partial charge on any atom is 0.457 e. The van der Waals surface area contributed by atoms with E-state index in [-0.39, 0.29) is 13.2 Å². The van der Waals surface area contributed by atoms with Crippen LogP contribution >= 0.6 is 0 Å². The Labute approximate surface area is 129 Å². The van der Waals surface area contributed by atoms with E-state index in [2.05, 4.69) is 0 Å². The van der Waals surface area contributed by atoms with Gasteiger partial charge in [0.2, 0.25) is 0 Å². The van der Waals surface area contributed by atoms with E-state index in [1.807, 2.05) is 6.92 Å². The molecule has 1 heterocycles. The summed E-state index contributed by atoms with van der Waals surface area (Å²) in [5, 5.41) is 0. The lowest BCUT2D eigenvalue weighted by molar-refractivity contribution is -0.165. The largest absolute Gasteiger partial charge is 0.463 e. The average Bonchev–Trinajstić information content (AvgIpc) is 2.83. The molecule has 124 valence electrons. The number of ether oxygens (including phenoxy) is 3. The quantitative estimate of drug-likeness (QED) is 0.377. The summed E-state index contributed by atoms with van der Waals surface area (Å²) in [7, 11) is -0.499. The Morgan fingerprint density at radius 2 is 1.68 bits per heavy atom. The van der Waals surface area contributed by atoms with E-state index < -0.39 is 43.3 Å². The van der Waals surface area contributed by atoms with Crippen LogP contribution in [0.4, 0.5) is 0 Å². The molecule has 0 radical (unpaired) electrons. The second-order valence-electron chi connectivity index (χ2n) is 4.87. The normalized spacial score (nSPS) is 22.1. The summed E-state index contributed by atoms with van der Waals surface area (Å²) in [6, 6.07) is 0. The van der Waals surface area contributed by atoms with Gasteiger partial charge in [-0.25, -0.2) is 0 Å². The first-order valence-corrected chi connectivity index (χ1v) is 7.08. The zero-order chi connectivity index (χ0) is 16.7. The van der Waals surface area contributed by atoms with Gasteiger partial charge in [0.15, 0.2) is 6.10 Å². The molecular formula is C13H21BO8. The van der Waals surface area contributed by atoms with Crippen LogP contribution in [0.15, 0.2) is 0 Å². The van der Waals surface area contributed by atoms with E-state index in [4.69, 9.17) is 23.5 Å². The lowest BCUT2D eigenvalue weighted by Gasteiger charge is -2.26. The predicted molar refractivity (Wildman–Crippen MR) is 74.8 cm³/mol. The van der Waals surface area contributed by atoms with E-state index in [1.165, 1.54) is 20.8 Å². The molecule has 22 heavy (non-hydrogen) atoms. The van der Waals surface area contributed by atoms with Crippen molar-refractivity contribution in [2.24, 2.45) is 0 Å². The first kappa shape index (κ1) is 18.4. The molecule has 0 amide bonds. The van der Waals surface area contributed by atoms with Crippen molar-refractivity contribution in [3.05, 3.63) is 0 Å². The molecule has 0 saturated carbocycles. The minimum atomic E-state index is -0.835. The third-order valence-electron chi connectivity index (χ3n) is 2.92. The van der Waals surface area contributed by atoms with Crippen molar-refractivity contribution in [2.45, 2.75) is 52.3 Å². The van der Waals surface area contributed by atoms with Crippen molar-refractivity contribution in [1.29, 1.82) is 0 Å². The van der Waals surface area contributed by atoms with E-state index in [9.17, 15) is 14.4 Å². The van der Waals surface area contributed by atoms with Gasteiger partial charge in [-0.2, -0.15) is 0 Å². The molecule has 8 nitrogen and oxygen atoms in total. The van der Waals surface area contributed by atoms with Crippen molar-refractivity contribution >= 4 is 25.0 Å². The highest BCUT2D eigenvalue weighted by atomic mass is 16.7. The van der Waals surface area contributed by atoms with E-state index >= 15 is 0 Å². The van der Waals surface area contributed by atoms with Gasteiger partial charge in [-0.1, -0.05) is 6.92 Å². The molecule has 1 aliphatic rings. The summed E-state index contributed by atoms with van der Waals surface area (Å²) >= 11 is 0. The van der Waals surface area contributed by atoms with Gasteiger partial charge in [-0.05, 0) is 6.32 Å². The molecule has 0 spiro atoms. The summed E-state index contributed by atoms with van der Waals surface area (Å²) < 4.78 is 26.3. The fourth-order valence-electron chi connectivity index (χ4n) is 2.03. The molecule has 9 heteroatoms. The predicted octanol–water partition coefficient (Wildman–Crippen LogP) is 0.336. The molecule has 0 aromatic carbocycles. The molecule has 1 aliphatic heterocycles. The monoisotopic (exact) mass is 316 g/mol. The fourth-order valence-corrected chi connectivity index (χ4v) is 2.03. The van der Waals surface area contributed by atoms with Crippen LogP contribution in [-0.4, -0.2) is 56.6 Å². The Hall–Kier alpha value is -1.61. The van der Waals surface area contributed by atoms with Gasteiger partial charge in [-0.3, -0.25) is 14.4 Å². The SMILES string of the molecule is CCB1O[C@H]([C@@H](COC(C)=O)OC(C)=O)[C@@H](COC(C)=O)O1. The van der Waals surface area contributed by atoms with E-state index in [0.717, 1.165) is 0 Å². The zero-order valence-corrected chi connectivity index (χ0v) is 13.2. The van der Waals surface area contributed by atoms with Gasteiger partial charge in [0.25, 0.3) is 0 Å². The van der Waals surface area contributed by atoms with Crippen molar-refractivity contribution in [3.8, 4) is 0 Å². The van der Waals surface area contributed by atoms with Crippen LogP contribution in [0.1, 0.15) is 27.7 Å². The lowest BCUT2D eigenvalue weighted by Crippen LogP contribution is -2.43. The minimum Gasteiger partial charge on any atom is -0.463 e. The lowest BCUT2D eigenvalue weighted by atomic mass is 9.87. The summed E-state index contributed by atoms with van der Waals surface area (Å²) in [5.41, 5.74) is 0. The summed E-state index contributed by atoms with van der Waals surface area (Å²) in [6.07, 6.45) is -1.55. The average molecular weight is 316 g/mol. The summed E-state index contributed by atoms with van der Waals surface area (Å²) in [4.78, 5) is 33.1. The second kappa shape index (κ2) is 8.74. The molecule has 0 unspecified atom stereocenters. The van der Waals surface area contributed by atoms with Gasteiger partial charge in [0.1, 0.15) is 25.4 Å². The highest BCUT2D eigenvalue weighted by Crippen LogP contribution is 2.24. The van der Waals surface area contributed by atoms with Crippen molar-refractivity contribution in [3.63, 3.8) is 0 Å². The van der Waals surface area contributed by atoms with Crippen LogP contribution in [0.5, 0.6) is 0 Å². The molecule has 0 aliphatic carbocycles. The second-order valence-corrected chi connectivity index (χ2v) is 4.87. The third kappa shape index (κ3) is 6.02. The zero-order valence-electron chi connectivity index (χ0n) is 13.2. The maximum absolute atomic E-state index is 11.2. The van der Waals surface area contributed by atoms with Gasteiger partial charge < -0.3 is 23.5 Å². The molecule has 3 atom stereocenters. The smallest absolute Gasteiger partial charge is 0.457 e. The number of hydrogen-bond acceptors (Lipinski definition) is 8. The van der Waals surface area contributed by atoms with Gasteiger partial charge in [0, 0.05) is 20.8 Å². The van der Waals surface area contributed by atoms with Crippen molar-refractivity contribution < 1.29 is 37.9 Å². The minimum absolute atomic E-state index is 0.0334. The highest BCUT2D eigenvalue weighted by molar-refractivity contribution is 6.45. The Morgan fingerprint density at radius 1 is 1.05 bits per heavy atom.